The SMILES string of the molecule is CC1=C(C)C2=C(C1)Cc1ccccc12. The fourth-order valence-electron chi connectivity index (χ4n) is 2.71. The van der Waals surface area contributed by atoms with E-state index in [2.05, 4.69) is 38.1 Å². The van der Waals surface area contributed by atoms with Crippen molar-refractivity contribution in [2.45, 2.75) is 26.7 Å². The molecular formula is C14H14. The summed E-state index contributed by atoms with van der Waals surface area (Å²) in [5, 5.41) is 0. The second kappa shape index (κ2) is 2.60. The van der Waals surface area contributed by atoms with E-state index in [9.17, 15) is 0 Å². The minimum atomic E-state index is 1.18. The van der Waals surface area contributed by atoms with E-state index in [1.165, 1.54) is 29.5 Å². The lowest BCUT2D eigenvalue weighted by Crippen LogP contribution is -1.87. The van der Waals surface area contributed by atoms with E-state index in [1.54, 1.807) is 16.7 Å². The number of hydrogen-bond donors (Lipinski definition) is 0. The third-order valence-corrected chi connectivity index (χ3v) is 3.54. The van der Waals surface area contributed by atoms with Gasteiger partial charge in [-0.3, -0.25) is 0 Å². The molecule has 3 rings (SSSR count). The molecule has 0 aliphatic heterocycles. The molecule has 0 radical (unpaired) electrons. The first kappa shape index (κ1) is 8.05. The molecule has 1 aromatic carbocycles. The van der Waals surface area contributed by atoms with Crippen molar-refractivity contribution in [2.24, 2.45) is 0 Å². The van der Waals surface area contributed by atoms with Crippen LogP contribution in [0.3, 0.4) is 0 Å². The standard InChI is InChI=1S/C14H14/c1-9-7-12-8-11-5-3-4-6-13(11)14(12)10(9)2/h3-6H,7-8H2,1-2H3. The molecule has 0 unspecified atom stereocenters. The summed E-state index contributed by atoms with van der Waals surface area (Å²) in [5.41, 5.74) is 9.27. The van der Waals surface area contributed by atoms with E-state index >= 15 is 0 Å². The van der Waals surface area contributed by atoms with E-state index < -0.39 is 0 Å². The molecule has 0 fully saturated rings. The molecule has 2 aliphatic rings. The molecule has 0 heterocycles. The average Bonchev–Trinajstić information content (AvgIpc) is 2.65. The van der Waals surface area contributed by atoms with Crippen LogP contribution in [-0.2, 0) is 6.42 Å². The molecule has 70 valence electrons. The molecule has 0 spiro atoms. The molecule has 0 heteroatoms. The minimum Gasteiger partial charge on any atom is -0.0657 e. The van der Waals surface area contributed by atoms with Crippen LogP contribution in [0, 0.1) is 0 Å². The summed E-state index contributed by atoms with van der Waals surface area (Å²) < 4.78 is 0. The predicted octanol–water partition coefficient (Wildman–Crippen LogP) is 3.74. The zero-order chi connectivity index (χ0) is 9.71. The summed E-state index contributed by atoms with van der Waals surface area (Å²) in [5.74, 6) is 0. The Morgan fingerprint density at radius 3 is 2.64 bits per heavy atom. The van der Waals surface area contributed by atoms with Gasteiger partial charge in [-0.1, -0.05) is 35.4 Å². The molecule has 14 heavy (non-hydrogen) atoms. The largest absolute Gasteiger partial charge is 0.0657 e. The molecule has 2 aliphatic carbocycles. The van der Waals surface area contributed by atoms with Crippen molar-refractivity contribution in [3.63, 3.8) is 0 Å². The van der Waals surface area contributed by atoms with Gasteiger partial charge in [0.25, 0.3) is 0 Å². The van der Waals surface area contributed by atoms with Gasteiger partial charge in [0.1, 0.15) is 0 Å². The molecule has 0 amide bonds. The Labute approximate surface area is 85.0 Å². The highest BCUT2D eigenvalue weighted by Crippen LogP contribution is 2.45. The number of allylic oxidation sites excluding steroid dienone is 4. The van der Waals surface area contributed by atoms with Crippen LogP contribution in [0.2, 0.25) is 0 Å². The van der Waals surface area contributed by atoms with E-state index in [-0.39, 0.29) is 0 Å². The fourth-order valence-corrected chi connectivity index (χ4v) is 2.71. The van der Waals surface area contributed by atoms with Crippen LogP contribution in [-0.4, -0.2) is 0 Å². The van der Waals surface area contributed by atoms with Crippen LogP contribution in [0.1, 0.15) is 31.4 Å². The van der Waals surface area contributed by atoms with E-state index in [4.69, 9.17) is 0 Å². The Hall–Kier alpha value is -1.30. The Morgan fingerprint density at radius 2 is 1.79 bits per heavy atom. The van der Waals surface area contributed by atoms with Crippen molar-refractivity contribution in [3.8, 4) is 0 Å². The van der Waals surface area contributed by atoms with Gasteiger partial charge in [-0.25, -0.2) is 0 Å². The minimum absolute atomic E-state index is 1.18. The highest BCUT2D eigenvalue weighted by atomic mass is 14.3. The molecule has 0 saturated heterocycles. The fraction of sp³-hybridized carbons (Fsp3) is 0.286. The number of rotatable bonds is 0. The Kier molecular flexibility index (Phi) is 1.49. The summed E-state index contributed by atoms with van der Waals surface area (Å²) in [6.45, 7) is 4.52. The Bertz CT molecular complexity index is 473. The maximum atomic E-state index is 2.26. The van der Waals surface area contributed by atoms with Crippen LogP contribution in [0.4, 0.5) is 0 Å². The number of fused-ring (bicyclic) bond motifs is 2. The normalized spacial score (nSPS) is 19.0. The quantitative estimate of drug-likeness (QED) is 0.573. The van der Waals surface area contributed by atoms with Crippen molar-refractivity contribution in [2.75, 3.05) is 0 Å². The van der Waals surface area contributed by atoms with Gasteiger partial charge in [0.05, 0.1) is 0 Å². The summed E-state index contributed by atoms with van der Waals surface area (Å²) in [4.78, 5) is 0. The van der Waals surface area contributed by atoms with Crippen molar-refractivity contribution in [1.82, 2.24) is 0 Å². The zero-order valence-electron chi connectivity index (χ0n) is 8.72. The maximum Gasteiger partial charge on any atom is -0.00484 e. The molecular weight excluding hydrogens is 168 g/mol. The molecule has 0 saturated carbocycles. The van der Waals surface area contributed by atoms with Crippen LogP contribution >= 0.6 is 0 Å². The van der Waals surface area contributed by atoms with Gasteiger partial charge >= 0.3 is 0 Å². The second-order valence-electron chi connectivity index (χ2n) is 4.39. The Morgan fingerprint density at radius 1 is 1.00 bits per heavy atom. The van der Waals surface area contributed by atoms with Crippen molar-refractivity contribution in [3.05, 3.63) is 52.1 Å². The highest BCUT2D eigenvalue weighted by Gasteiger charge is 2.27. The van der Waals surface area contributed by atoms with Crippen molar-refractivity contribution < 1.29 is 0 Å². The lowest BCUT2D eigenvalue weighted by molar-refractivity contribution is 1.06. The average molecular weight is 182 g/mol. The summed E-state index contributed by atoms with van der Waals surface area (Å²) in [6, 6.07) is 8.82. The summed E-state index contributed by atoms with van der Waals surface area (Å²) in [7, 11) is 0. The molecule has 1 aromatic rings. The van der Waals surface area contributed by atoms with Gasteiger partial charge in [0.15, 0.2) is 0 Å². The second-order valence-corrected chi connectivity index (χ2v) is 4.39. The molecule has 0 nitrogen and oxygen atoms in total. The van der Waals surface area contributed by atoms with Gasteiger partial charge in [0.2, 0.25) is 0 Å². The van der Waals surface area contributed by atoms with Crippen LogP contribution < -0.4 is 0 Å². The van der Waals surface area contributed by atoms with Crippen LogP contribution in [0.5, 0.6) is 0 Å². The lowest BCUT2D eigenvalue weighted by Gasteiger charge is -2.05. The van der Waals surface area contributed by atoms with Gasteiger partial charge in [-0.05, 0) is 49.0 Å². The maximum absolute atomic E-state index is 2.26. The number of hydrogen-bond acceptors (Lipinski definition) is 0. The topological polar surface area (TPSA) is 0 Å². The van der Waals surface area contributed by atoms with Gasteiger partial charge < -0.3 is 0 Å². The van der Waals surface area contributed by atoms with E-state index in [0.717, 1.165) is 0 Å². The smallest absolute Gasteiger partial charge is 0.00484 e. The van der Waals surface area contributed by atoms with Gasteiger partial charge in [-0.15, -0.1) is 0 Å². The first-order valence-electron chi connectivity index (χ1n) is 5.24. The third-order valence-electron chi connectivity index (χ3n) is 3.54. The summed E-state index contributed by atoms with van der Waals surface area (Å²) in [6.07, 6.45) is 2.38. The third kappa shape index (κ3) is 0.886. The van der Waals surface area contributed by atoms with Gasteiger partial charge in [0, 0.05) is 0 Å². The van der Waals surface area contributed by atoms with Crippen molar-refractivity contribution >= 4 is 5.57 Å². The molecule has 0 N–H and O–H groups in total. The highest BCUT2D eigenvalue weighted by molar-refractivity contribution is 5.89. The first-order chi connectivity index (χ1) is 6.77. The molecule has 0 atom stereocenters. The number of benzene rings is 1. The summed E-state index contributed by atoms with van der Waals surface area (Å²) >= 11 is 0. The Balaban J connectivity index is 2.21. The van der Waals surface area contributed by atoms with E-state index in [0.29, 0.717) is 0 Å². The monoisotopic (exact) mass is 182 g/mol. The van der Waals surface area contributed by atoms with Gasteiger partial charge in [-0.2, -0.15) is 0 Å². The lowest BCUT2D eigenvalue weighted by atomic mass is 9.99. The predicted molar refractivity (Wildman–Crippen MR) is 60.1 cm³/mol. The first-order valence-corrected chi connectivity index (χ1v) is 5.24. The van der Waals surface area contributed by atoms with Crippen LogP contribution in [0.25, 0.3) is 5.57 Å². The molecule has 0 aromatic heterocycles. The molecule has 0 bridgehead atoms. The van der Waals surface area contributed by atoms with Crippen molar-refractivity contribution in [1.29, 1.82) is 0 Å². The van der Waals surface area contributed by atoms with E-state index in [1.807, 2.05) is 0 Å². The van der Waals surface area contributed by atoms with Crippen LogP contribution in [0.15, 0.2) is 41.0 Å². The zero-order valence-corrected chi connectivity index (χ0v) is 8.72.